The van der Waals surface area contributed by atoms with Crippen molar-refractivity contribution in [1.29, 1.82) is 0 Å². The van der Waals surface area contributed by atoms with Crippen LogP contribution in [0.2, 0.25) is 5.02 Å². The van der Waals surface area contributed by atoms with Crippen LogP contribution < -0.4 is 25.3 Å². The molecule has 0 fully saturated rings. The lowest BCUT2D eigenvalue weighted by Crippen LogP contribution is -2.33. The van der Waals surface area contributed by atoms with E-state index in [1.54, 1.807) is 20.3 Å². The monoisotopic (exact) mass is 446 g/mol. The summed E-state index contributed by atoms with van der Waals surface area (Å²) in [5.74, 6) is 1.42. The van der Waals surface area contributed by atoms with Crippen LogP contribution in [-0.2, 0) is 12.7 Å². The Kier molecular flexibility index (Phi) is 8.40. The van der Waals surface area contributed by atoms with Gasteiger partial charge in [-0.1, -0.05) is 17.7 Å². The zero-order valence-electron chi connectivity index (χ0n) is 16.4. The average Bonchev–Trinajstić information content (AvgIpc) is 2.71. The highest BCUT2D eigenvalue weighted by Crippen LogP contribution is 2.33. The van der Waals surface area contributed by atoms with Crippen molar-refractivity contribution in [2.75, 3.05) is 27.4 Å². The number of methoxy groups -OCH3 is 2. The zero-order valence-corrected chi connectivity index (χ0v) is 17.2. The summed E-state index contributed by atoms with van der Waals surface area (Å²) in [5, 5.41) is 2.72. The van der Waals surface area contributed by atoms with Crippen LogP contribution in [0.5, 0.6) is 17.4 Å². The number of rotatable bonds is 9. The first-order valence-corrected chi connectivity index (χ1v) is 9.22. The molecule has 1 aromatic carbocycles. The fourth-order valence-electron chi connectivity index (χ4n) is 2.36. The van der Waals surface area contributed by atoms with Gasteiger partial charge in [-0.15, -0.1) is 0 Å². The van der Waals surface area contributed by atoms with Gasteiger partial charge in [-0.2, -0.15) is 13.2 Å². The number of hydrogen-bond donors (Lipinski definition) is 2. The highest BCUT2D eigenvalue weighted by atomic mass is 35.5. The molecule has 0 bridgehead atoms. The van der Waals surface area contributed by atoms with Gasteiger partial charge in [-0.3, -0.25) is 0 Å². The molecule has 0 saturated carbocycles. The summed E-state index contributed by atoms with van der Waals surface area (Å²) < 4.78 is 53.5. The number of ether oxygens (including phenoxy) is 3. The first-order chi connectivity index (χ1) is 14.2. The van der Waals surface area contributed by atoms with Crippen LogP contribution >= 0.6 is 11.6 Å². The van der Waals surface area contributed by atoms with E-state index in [1.807, 2.05) is 12.1 Å². The first-order valence-electron chi connectivity index (χ1n) is 8.84. The standard InChI is InChI=1S/C19H22ClF3N4O3/c1-28-15-5-4-12(8-16(15)29-2)10-27-18(24)25-6-3-7-30-17-14(20)9-13(11-26-17)19(21,22)23/h4-5,8-9,11H,3,6-7,10H2,1-2H3,(H3,24,25,27). The molecule has 0 saturated heterocycles. The van der Waals surface area contributed by atoms with Gasteiger partial charge >= 0.3 is 6.18 Å². The second kappa shape index (κ2) is 10.8. The van der Waals surface area contributed by atoms with E-state index in [4.69, 9.17) is 31.5 Å². The summed E-state index contributed by atoms with van der Waals surface area (Å²) >= 11 is 5.78. The maximum absolute atomic E-state index is 12.6. The predicted octanol–water partition coefficient (Wildman–Crippen LogP) is 3.64. The quantitative estimate of drug-likeness (QED) is 0.347. The van der Waals surface area contributed by atoms with Crippen LogP contribution in [0.4, 0.5) is 13.2 Å². The maximum Gasteiger partial charge on any atom is 0.417 e. The molecule has 11 heteroatoms. The minimum absolute atomic E-state index is 0.0558. The van der Waals surface area contributed by atoms with E-state index < -0.39 is 11.7 Å². The van der Waals surface area contributed by atoms with Crippen LogP contribution in [0.25, 0.3) is 0 Å². The number of aliphatic imine (C=N–C) groups is 1. The Hall–Kier alpha value is -2.88. The summed E-state index contributed by atoms with van der Waals surface area (Å²) in [6.07, 6.45) is -3.32. The molecule has 0 spiro atoms. The van der Waals surface area contributed by atoms with Gasteiger partial charge in [0.25, 0.3) is 0 Å². The summed E-state index contributed by atoms with van der Waals surface area (Å²) in [7, 11) is 3.11. The molecule has 3 N–H and O–H groups in total. The van der Waals surface area contributed by atoms with Crippen molar-refractivity contribution in [1.82, 2.24) is 10.3 Å². The number of benzene rings is 1. The van der Waals surface area contributed by atoms with Crippen molar-refractivity contribution in [3.05, 3.63) is 46.6 Å². The van der Waals surface area contributed by atoms with Crippen molar-refractivity contribution in [2.45, 2.75) is 19.1 Å². The van der Waals surface area contributed by atoms with Gasteiger partial charge in [0.15, 0.2) is 17.5 Å². The number of halogens is 4. The Balaban J connectivity index is 1.75. The zero-order chi connectivity index (χ0) is 22.1. The molecule has 30 heavy (non-hydrogen) atoms. The van der Waals surface area contributed by atoms with Gasteiger partial charge in [0, 0.05) is 12.7 Å². The van der Waals surface area contributed by atoms with Gasteiger partial charge in [0.1, 0.15) is 5.02 Å². The molecule has 1 heterocycles. The number of alkyl halides is 3. The first kappa shape index (κ1) is 23.4. The van der Waals surface area contributed by atoms with Crippen molar-refractivity contribution >= 4 is 17.6 Å². The van der Waals surface area contributed by atoms with Crippen LogP contribution in [0, 0.1) is 0 Å². The van der Waals surface area contributed by atoms with E-state index in [1.165, 1.54) is 0 Å². The van der Waals surface area contributed by atoms with Crippen molar-refractivity contribution < 1.29 is 27.4 Å². The number of nitrogens with zero attached hydrogens (tertiary/aromatic N) is 2. The fourth-order valence-corrected chi connectivity index (χ4v) is 2.58. The molecule has 0 aliphatic rings. The smallest absolute Gasteiger partial charge is 0.417 e. The van der Waals surface area contributed by atoms with Gasteiger partial charge in [-0.25, -0.2) is 9.98 Å². The lowest BCUT2D eigenvalue weighted by Gasteiger charge is -2.11. The van der Waals surface area contributed by atoms with E-state index in [0.29, 0.717) is 37.2 Å². The van der Waals surface area contributed by atoms with Crippen LogP contribution in [0.3, 0.4) is 0 Å². The SMILES string of the molecule is COc1ccc(CN=C(N)NCCCOc2ncc(C(F)(F)F)cc2Cl)cc1OC. The lowest BCUT2D eigenvalue weighted by molar-refractivity contribution is -0.137. The summed E-state index contributed by atoms with van der Waals surface area (Å²) in [4.78, 5) is 7.84. The summed E-state index contributed by atoms with van der Waals surface area (Å²) in [6.45, 7) is 0.980. The molecule has 0 aliphatic heterocycles. The maximum atomic E-state index is 12.6. The summed E-state index contributed by atoms with van der Waals surface area (Å²) in [5.41, 5.74) is 5.79. The Morgan fingerprint density at radius 3 is 2.57 bits per heavy atom. The predicted molar refractivity (Wildman–Crippen MR) is 107 cm³/mol. The van der Waals surface area contributed by atoms with Crippen LogP contribution in [-0.4, -0.2) is 38.3 Å². The fraction of sp³-hybridized carbons (Fsp3) is 0.368. The molecule has 0 aliphatic carbocycles. The van der Waals surface area contributed by atoms with E-state index in [-0.39, 0.29) is 23.5 Å². The summed E-state index contributed by atoms with van der Waals surface area (Å²) in [6, 6.07) is 6.23. The third-order valence-electron chi connectivity index (χ3n) is 3.88. The molecule has 0 atom stereocenters. The second-order valence-electron chi connectivity index (χ2n) is 6.03. The molecule has 0 unspecified atom stereocenters. The lowest BCUT2D eigenvalue weighted by atomic mass is 10.2. The van der Waals surface area contributed by atoms with E-state index in [0.717, 1.165) is 11.6 Å². The van der Waals surface area contributed by atoms with E-state index in [9.17, 15) is 13.2 Å². The molecule has 2 rings (SSSR count). The molecular formula is C19H22ClF3N4O3. The average molecular weight is 447 g/mol. The molecule has 7 nitrogen and oxygen atoms in total. The number of nitrogens with one attached hydrogen (secondary N) is 1. The molecule has 0 amide bonds. The molecule has 0 radical (unpaired) electrons. The minimum Gasteiger partial charge on any atom is -0.493 e. The molecule has 2 aromatic rings. The Bertz CT molecular complexity index is 879. The molecular weight excluding hydrogens is 425 g/mol. The van der Waals surface area contributed by atoms with Crippen molar-refractivity contribution in [3.8, 4) is 17.4 Å². The Morgan fingerprint density at radius 1 is 1.20 bits per heavy atom. The van der Waals surface area contributed by atoms with Gasteiger partial charge in [0.05, 0.1) is 32.9 Å². The third kappa shape index (κ3) is 6.87. The third-order valence-corrected chi connectivity index (χ3v) is 4.15. The Morgan fingerprint density at radius 2 is 1.93 bits per heavy atom. The second-order valence-corrected chi connectivity index (χ2v) is 6.44. The largest absolute Gasteiger partial charge is 0.493 e. The highest BCUT2D eigenvalue weighted by Gasteiger charge is 2.31. The number of nitrogens with two attached hydrogens (primary N) is 1. The number of pyridine rings is 1. The van der Waals surface area contributed by atoms with E-state index in [2.05, 4.69) is 15.3 Å². The van der Waals surface area contributed by atoms with Crippen molar-refractivity contribution in [2.24, 2.45) is 10.7 Å². The number of aromatic nitrogens is 1. The van der Waals surface area contributed by atoms with Crippen molar-refractivity contribution in [3.63, 3.8) is 0 Å². The van der Waals surface area contributed by atoms with Crippen LogP contribution in [0.15, 0.2) is 35.5 Å². The molecule has 1 aromatic heterocycles. The van der Waals surface area contributed by atoms with Gasteiger partial charge in [-0.05, 0) is 30.2 Å². The Labute approximate surface area is 177 Å². The van der Waals surface area contributed by atoms with Gasteiger partial charge < -0.3 is 25.3 Å². The number of guanidine groups is 1. The highest BCUT2D eigenvalue weighted by molar-refractivity contribution is 6.31. The minimum atomic E-state index is -4.51. The molecule has 164 valence electrons. The number of hydrogen-bond acceptors (Lipinski definition) is 5. The van der Waals surface area contributed by atoms with Gasteiger partial charge in [0.2, 0.25) is 5.88 Å². The van der Waals surface area contributed by atoms with E-state index >= 15 is 0 Å². The topological polar surface area (TPSA) is 91.0 Å². The van der Waals surface area contributed by atoms with Crippen LogP contribution in [0.1, 0.15) is 17.5 Å². The normalized spacial score (nSPS) is 11.9.